The summed E-state index contributed by atoms with van der Waals surface area (Å²) in [4.78, 5) is 37.3. The molecule has 3 rings (SSSR count). The number of aromatic nitrogens is 1. The van der Waals surface area contributed by atoms with Gasteiger partial charge in [0, 0.05) is 12.0 Å². The van der Waals surface area contributed by atoms with Gasteiger partial charge in [-0.3, -0.25) is 9.59 Å². The van der Waals surface area contributed by atoms with Gasteiger partial charge in [-0.1, -0.05) is 5.16 Å². The van der Waals surface area contributed by atoms with E-state index in [2.05, 4.69) is 10.5 Å². The fourth-order valence-corrected chi connectivity index (χ4v) is 4.20. The van der Waals surface area contributed by atoms with E-state index in [9.17, 15) is 14.4 Å². The Morgan fingerprint density at radius 2 is 2.00 bits per heavy atom. The highest BCUT2D eigenvalue weighted by atomic mass is 32.1. The molecule has 0 saturated carbocycles. The molecule has 26 heavy (non-hydrogen) atoms. The Hall–Kier alpha value is -2.48. The van der Waals surface area contributed by atoms with Crippen LogP contribution in [0.25, 0.3) is 0 Å². The number of ketones is 1. The molecule has 0 fully saturated rings. The second kappa shape index (κ2) is 7.41. The molecular formula is C18H20N2O5S. The van der Waals surface area contributed by atoms with Crippen LogP contribution in [0, 0.1) is 6.92 Å². The number of ether oxygens (including phenoxy) is 1. The van der Waals surface area contributed by atoms with Crippen molar-refractivity contribution in [3.8, 4) is 0 Å². The lowest BCUT2D eigenvalue weighted by Crippen LogP contribution is -2.17. The number of nitrogens with zero attached hydrogens (tertiary/aromatic N) is 1. The van der Waals surface area contributed by atoms with E-state index < -0.39 is 11.9 Å². The average Bonchev–Trinajstić information content (AvgIpc) is 3.16. The number of Topliss-reactive ketones (excluding diaryl/α,β-unsaturated/α-hetero) is 1. The van der Waals surface area contributed by atoms with Gasteiger partial charge in [0.05, 0.1) is 17.0 Å². The van der Waals surface area contributed by atoms with E-state index in [-0.39, 0.29) is 23.6 Å². The lowest BCUT2D eigenvalue weighted by Gasteiger charge is -2.09. The zero-order chi connectivity index (χ0) is 18.8. The fraction of sp³-hybridized carbons (Fsp3) is 0.444. The van der Waals surface area contributed by atoms with Gasteiger partial charge < -0.3 is 14.6 Å². The molecule has 2 aromatic rings. The molecule has 0 aromatic carbocycles. The minimum atomic E-state index is -0.564. The molecule has 2 heterocycles. The normalized spacial score (nSPS) is 13.2. The van der Waals surface area contributed by atoms with Crippen molar-refractivity contribution in [2.45, 2.75) is 46.5 Å². The first kappa shape index (κ1) is 18.3. The molecule has 0 aliphatic heterocycles. The van der Waals surface area contributed by atoms with Crippen LogP contribution >= 0.6 is 11.3 Å². The largest absolute Gasteiger partial charge is 0.462 e. The maximum atomic E-state index is 12.7. The van der Waals surface area contributed by atoms with E-state index in [4.69, 9.17) is 9.26 Å². The van der Waals surface area contributed by atoms with Gasteiger partial charge in [-0.25, -0.2) is 4.79 Å². The Balaban J connectivity index is 1.95. The highest BCUT2D eigenvalue weighted by Gasteiger charge is 2.28. The Bertz CT molecular complexity index is 881. The van der Waals surface area contributed by atoms with Crippen molar-refractivity contribution in [2.75, 3.05) is 11.9 Å². The summed E-state index contributed by atoms with van der Waals surface area (Å²) in [6, 6.07) is 0. The summed E-state index contributed by atoms with van der Waals surface area (Å²) in [6.45, 7) is 5.00. The molecule has 7 nitrogen and oxygen atoms in total. The Morgan fingerprint density at radius 1 is 1.27 bits per heavy atom. The Labute approximate surface area is 154 Å². The molecule has 1 aliphatic carbocycles. The maximum Gasteiger partial charge on any atom is 0.341 e. The minimum Gasteiger partial charge on any atom is -0.462 e. The van der Waals surface area contributed by atoms with Crippen molar-refractivity contribution in [1.29, 1.82) is 0 Å². The summed E-state index contributed by atoms with van der Waals surface area (Å²) in [5.41, 5.74) is 1.79. The Kier molecular flexibility index (Phi) is 5.22. The van der Waals surface area contributed by atoms with Crippen LogP contribution in [-0.4, -0.2) is 29.4 Å². The molecule has 0 radical (unpaired) electrons. The molecule has 1 aliphatic rings. The first-order chi connectivity index (χ1) is 12.4. The van der Waals surface area contributed by atoms with Gasteiger partial charge in [-0.15, -0.1) is 11.3 Å². The Morgan fingerprint density at radius 3 is 2.69 bits per heavy atom. The van der Waals surface area contributed by atoms with Crippen molar-refractivity contribution in [2.24, 2.45) is 0 Å². The average molecular weight is 376 g/mol. The third-order valence-corrected chi connectivity index (χ3v) is 5.65. The zero-order valence-corrected chi connectivity index (χ0v) is 15.7. The SMILES string of the molecule is CCOC(=O)c1c(NC(=O)c2noc3c2CCCC3)sc(C(C)=O)c1C. The highest BCUT2D eigenvalue weighted by Crippen LogP contribution is 2.35. The molecule has 0 bridgehead atoms. The molecule has 0 unspecified atom stereocenters. The van der Waals surface area contributed by atoms with Crippen molar-refractivity contribution in [1.82, 2.24) is 5.16 Å². The van der Waals surface area contributed by atoms with Crippen LogP contribution in [0.3, 0.4) is 0 Å². The van der Waals surface area contributed by atoms with Crippen LogP contribution in [0.1, 0.15) is 74.1 Å². The summed E-state index contributed by atoms with van der Waals surface area (Å²) >= 11 is 1.07. The monoisotopic (exact) mass is 376 g/mol. The standard InChI is InChI=1S/C18H20N2O5S/c1-4-24-18(23)13-9(2)15(10(3)21)26-17(13)19-16(22)14-11-7-5-6-8-12(11)25-20-14/h4-8H2,1-3H3,(H,19,22). The lowest BCUT2D eigenvalue weighted by atomic mass is 9.96. The molecule has 8 heteroatoms. The van der Waals surface area contributed by atoms with Crippen LogP contribution < -0.4 is 5.32 Å². The number of rotatable bonds is 5. The second-order valence-corrected chi connectivity index (χ2v) is 7.15. The van der Waals surface area contributed by atoms with Crippen molar-refractivity contribution < 1.29 is 23.6 Å². The predicted molar refractivity (Wildman–Crippen MR) is 96.1 cm³/mol. The summed E-state index contributed by atoms with van der Waals surface area (Å²) in [5.74, 6) is -0.429. The predicted octanol–water partition coefficient (Wildman–Crippen LogP) is 3.55. The molecule has 1 N–H and O–H groups in total. The van der Waals surface area contributed by atoms with Crippen molar-refractivity contribution in [3.05, 3.63) is 33.0 Å². The number of fused-ring (bicyclic) bond motifs is 1. The van der Waals surface area contributed by atoms with Crippen LogP contribution in [0.15, 0.2) is 4.52 Å². The third-order valence-electron chi connectivity index (χ3n) is 4.34. The van der Waals surface area contributed by atoms with Crippen molar-refractivity contribution in [3.63, 3.8) is 0 Å². The number of carbonyl (C=O) groups excluding carboxylic acids is 3. The minimum absolute atomic E-state index is 0.169. The van der Waals surface area contributed by atoms with E-state index in [0.717, 1.165) is 48.3 Å². The summed E-state index contributed by atoms with van der Waals surface area (Å²) in [5, 5.41) is 6.92. The van der Waals surface area contributed by atoms with Crippen LogP contribution in [0.5, 0.6) is 0 Å². The van der Waals surface area contributed by atoms with E-state index in [1.165, 1.54) is 6.92 Å². The van der Waals surface area contributed by atoms with Crippen LogP contribution in [-0.2, 0) is 17.6 Å². The first-order valence-corrected chi connectivity index (χ1v) is 9.35. The first-order valence-electron chi connectivity index (χ1n) is 8.54. The summed E-state index contributed by atoms with van der Waals surface area (Å²) in [6.07, 6.45) is 3.52. The van der Waals surface area contributed by atoms with Gasteiger partial charge >= 0.3 is 5.97 Å². The molecule has 0 atom stereocenters. The number of hydrogen-bond acceptors (Lipinski definition) is 7. The van der Waals surface area contributed by atoms with Gasteiger partial charge in [-0.2, -0.15) is 0 Å². The van der Waals surface area contributed by atoms with E-state index in [1.807, 2.05) is 0 Å². The molecule has 1 amide bonds. The number of aryl methyl sites for hydroxylation is 1. The van der Waals surface area contributed by atoms with Gasteiger partial charge in [0.1, 0.15) is 10.8 Å². The molecule has 0 saturated heterocycles. The van der Waals surface area contributed by atoms with E-state index in [0.29, 0.717) is 15.4 Å². The number of esters is 1. The maximum absolute atomic E-state index is 12.7. The molecular weight excluding hydrogens is 356 g/mol. The van der Waals surface area contributed by atoms with Crippen LogP contribution in [0.4, 0.5) is 5.00 Å². The topological polar surface area (TPSA) is 98.5 Å². The van der Waals surface area contributed by atoms with Crippen LogP contribution in [0.2, 0.25) is 0 Å². The number of thiophene rings is 1. The molecule has 138 valence electrons. The third kappa shape index (κ3) is 3.29. The molecule has 0 spiro atoms. The summed E-state index contributed by atoms with van der Waals surface area (Å²) in [7, 11) is 0. The van der Waals surface area contributed by atoms with Gasteiger partial charge in [0.15, 0.2) is 11.5 Å². The number of nitrogens with one attached hydrogen (secondary N) is 1. The fourth-order valence-electron chi connectivity index (χ4n) is 3.11. The summed E-state index contributed by atoms with van der Waals surface area (Å²) < 4.78 is 10.4. The smallest absolute Gasteiger partial charge is 0.341 e. The number of amides is 1. The number of carbonyl (C=O) groups is 3. The number of anilines is 1. The highest BCUT2D eigenvalue weighted by molar-refractivity contribution is 7.18. The zero-order valence-electron chi connectivity index (χ0n) is 14.9. The lowest BCUT2D eigenvalue weighted by molar-refractivity contribution is 0.0527. The molecule has 2 aromatic heterocycles. The quantitative estimate of drug-likeness (QED) is 0.633. The van der Waals surface area contributed by atoms with E-state index in [1.54, 1.807) is 13.8 Å². The van der Waals surface area contributed by atoms with Gasteiger partial charge in [-0.05, 0) is 45.6 Å². The van der Waals surface area contributed by atoms with Gasteiger partial charge in [0.25, 0.3) is 5.91 Å². The van der Waals surface area contributed by atoms with E-state index >= 15 is 0 Å². The second-order valence-electron chi connectivity index (χ2n) is 6.13. The van der Waals surface area contributed by atoms with Gasteiger partial charge in [0.2, 0.25) is 0 Å². The number of hydrogen-bond donors (Lipinski definition) is 1. The van der Waals surface area contributed by atoms with Crippen molar-refractivity contribution >= 4 is 34.0 Å².